The summed E-state index contributed by atoms with van der Waals surface area (Å²) in [5.74, 6) is 0.789. The van der Waals surface area contributed by atoms with Crippen LogP contribution >= 0.6 is 22.7 Å². The van der Waals surface area contributed by atoms with Crippen LogP contribution in [0, 0.1) is 6.92 Å². The fourth-order valence-corrected chi connectivity index (χ4v) is 5.34. The predicted molar refractivity (Wildman–Crippen MR) is 102 cm³/mol. The molecule has 0 aliphatic carbocycles. The molecule has 4 nitrogen and oxygen atoms in total. The van der Waals surface area contributed by atoms with Crippen LogP contribution in [-0.4, -0.2) is 27.5 Å². The summed E-state index contributed by atoms with van der Waals surface area (Å²) in [6.45, 7) is 6.17. The van der Waals surface area contributed by atoms with E-state index in [9.17, 15) is 4.79 Å². The summed E-state index contributed by atoms with van der Waals surface area (Å²) in [4.78, 5) is 26.1. The minimum absolute atomic E-state index is 0.0121. The number of fused-ring (bicyclic) bond motifs is 1. The van der Waals surface area contributed by atoms with E-state index in [1.54, 1.807) is 22.7 Å². The molecule has 6 heteroatoms. The minimum atomic E-state index is -0.0121. The van der Waals surface area contributed by atoms with Crippen molar-refractivity contribution in [3.63, 3.8) is 0 Å². The van der Waals surface area contributed by atoms with Crippen molar-refractivity contribution in [2.45, 2.75) is 45.7 Å². The van der Waals surface area contributed by atoms with Crippen LogP contribution in [0.15, 0.2) is 22.3 Å². The van der Waals surface area contributed by atoms with Crippen LogP contribution in [0.1, 0.15) is 36.9 Å². The molecule has 24 heavy (non-hydrogen) atoms. The lowest BCUT2D eigenvalue weighted by Gasteiger charge is -2.32. The van der Waals surface area contributed by atoms with Gasteiger partial charge in [-0.15, -0.1) is 22.7 Å². The molecule has 0 unspecified atom stereocenters. The molecule has 0 bridgehead atoms. The predicted octanol–water partition coefficient (Wildman–Crippen LogP) is 4.40. The van der Waals surface area contributed by atoms with Gasteiger partial charge in [-0.25, -0.2) is 4.98 Å². The van der Waals surface area contributed by atoms with Gasteiger partial charge >= 0.3 is 0 Å². The lowest BCUT2D eigenvalue weighted by molar-refractivity contribution is 0.149. The molecule has 126 valence electrons. The van der Waals surface area contributed by atoms with Crippen LogP contribution in [0.25, 0.3) is 20.7 Å². The van der Waals surface area contributed by atoms with Crippen molar-refractivity contribution in [1.82, 2.24) is 14.9 Å². The first-order valence-electron chi connectivity index (χ1n) is 8.43. The third kappa shape index (κ3) is 2.94. The van der Waals surface area contributed by atoms with Crippen molar-refractivity contribution >= 4 is 32.9 Å². The Morgan fingerprint density at radius 3 is 3.00 bits per heavy atom. The average Bonchev–Trinajstić information content (AvgIpc) is 3.16. The van der Waals surface area contributed by atoms with Gasteiger partial charge < -0.3 is 4.98 Å². The zero-order chi connectivity index (χ0) is 16.7. The highest BCUT2D eigenvalue weighted by Gasteiger charge is 2.20. The van der Waals surface area contributed by atoms with Gasteiger partial charge in [0, 0.05) is 26.7 Å². The minimum Gasteiger partial charge on any atom is -0.309 e. The van der Waals surface area contributed by atoms with E-state index in [1.165, 1.54) is 24.1 Å². The van der Waals surface area contributed by atoms with E-state index >= 15 is 0 Å². The molecule has 0 amide bonds. The van der Waals surface area contributed by atoms with E-state index < -0.39 is 0 Å². The summed E-state index contributed by atoms with van der Waals surface area (Å²) in [5.41, 5.74) is 1.00. The van der Waals surface area contributed by atoms with Crippen LogP contribution in [0.4, 0.5) is 0 Å². The molecule has 0 radical (unpaired) electrons. The number of aromatic nitrogens is 2. The number of nitrogens with one attached hydrogen (secondary N) is 1. The van der Waals surface area contributed by atoms with Gasteiger partial charge in [-0.2, -0.15) is 0 Å². The molecule has 4 rings (SSSR count). The Bertz CT molecular complexity index is 924. The standard InChI is InChI=1S/C18H21N3OS2/c1-11-5-3-4-8-21(11)9-15-19-17(22)16-13(10-23-18(16)20-15)14-7-6-12(2)24-14/h6-7,10-11H,3-5,8-9H2,1-2H3,(H,19,20,22)/t11-/m0/s1. The normalized spacial score (nSPS) is 19.2. The van der Waals surface area contributed by atoms with Gasteiger partial charge in [0.05, 0.1) is 11.9 Å². The zero-order valence-corrected chi connectivity index (χ0v) is 15.6. The lowest BCUT2D eigenvalue weighted by Crippen LogP contribution is -2.37. The molecular formula is C18H21N3OS2. The van der Waals surface area contributed by atoms with Gasteiger partial charge in [0.2, 0.25) is 0 Å². The summed E-state index contributed by atoms with van der Waals surface area (Å²) in [6, 6.07) is 4.74. The Morgan fingerprint density at radius 1 is 1.38 bits per heavy atom. The van der Waals surface area contributed by atoms with Crippen LogP contribution in [0.5, 0.6) is 0 Å². The number of hydrogen-bond acceptors (Lipinski definition) is 5. The topological polar surface area (TPSA) is 49.0 Å². The summed E-state index contributed by atoms with van der Waals surface area (Å²) in [6.07, 6.45) is 3.76. The highest BCUT2D eigenvalue weighted by atomic mass is 32.1. The van der Waals surface area contributed by atoms with Gasteiger partial charge in [0.1, 0.15) is 10.7 Å². The second-order valence-electron chi connectivity index (χ2n) is 6.57. The number of hydrogen-bond donors (Lipinski definition) is 1. The average molecular weight is 360 g/mol. The van der Waals surface area contributed by atoms with E-state index in [0.29, 0.717) is 6.04 Å². The van der Waals surface area contributed by atoms with E-state index in [-0.39, 0.29) is 5.56 Å². The van der Waals surface area contributed by atoms with Gasteiger partial charge in [0.25, 0.3) is 5.56 Å². The second-order valence-corrected chi connectivity index (χ2v) is 8.71. The highest BCUT2D eigenvalue weighted by Crippen LogP contribution is 2.35. The van der Waals surface area contributed by atoms with E-state index in [2.05, 4.69) is 41.2 Å². The maximum Gasteiger partial charge on any atom is 0.260 e. The number of piperidine rings is 1. The molecule has 1 N–H and O–H groups in total. The molecule has 4 heterocycles. The van der Waals surface area contributed by atoms with Crippen LogP contribution in [-0.2, 0) is 6.54 Å². The van der Waals surface area contributed by atoms with Crippen molar-refractivity contribution < 1.29 is 0 Å². The number of likely N-dealkylation sites (tertiary alicyclic amines) is 1. The second kappa shape index (κ2) is 6.43. The molecule has 1 aliphatic rings. The molecule has 1 aliphatic heterocycles. The highest BCUT2D eigenvalue weighted by molar-refractivity contribution is 7.19. The quantitative estimate of drug-likeness (QED) is 0.754. The van der Waals surface area contributed by atoms with Crippen LogP contribution in [0.3, 0.4) is 0 Å². The van der Waals surface area contributed by atoms with E-state index in [1.807, 2.05) is 0 Å². The molecule has 1 saturated heterocycles. The molecule has 1 fully saturated rings. The van der Waals surface area contributed by atoms with Crippen molar-refractivity contribution in [2.75, 3.05) is 6.54 Å². The molecule has 0 aromatic carbocycles. The lowest BCUT2D eigenvalue weighted by atomic mass is 10.0. The molecule has 3 aromatic heterocycles. The van der Waals surface area contributed by atoms with Gasteiger partial charge in [-0.3, -0.25) is 9.69 Å². The van der Waals surface area contributed by atoms with Crippen LogP contribution in [0.2, 0.25) is 0 Å². The van der Waals surface area contributed by atoms with E-state index in [0.717, 1.165) is 39.6 Å². The Balaban J connectivity index is 1.70. The first kappa shape index (κ1) is 16.0. The number of aromatic amines is 1. The van der Waals surface area contributed by atoms with Crippen molar-refractivity contribution in [3.05, 3.63) is 38.6 Å². The Morgan fingerprint density at radius 2 is 2.25 bits per heavy atom. The van der Waals surface area contributed by atoms with Crippen molar-refractivity contribution in [3.8, 4) is 10.4 Å². The van der Waals surface area contributed by atoms with E-state index in [4.69, 9.17) is 4.98 Å². The van der Waals surface area contributed by atoms with Crippen molar-refractivity contribution in [1.29, 1.82) is 0 Å². The largest absolute Gasteiger partial charge is 0.309 e. The molecule has 0 spiro atoms. The van der Waals surface area contributed by atoms with Gasteiger partial charge in [-0.05, 0) is 45.4 Å². The zero-order valence-electron chi connectivity index (χ0n) is 14.0. The third-order valence-corrected chi connectivity index (χ3v) is 6.70. The fourth-order valence-electron chi connectivity index (χ4n) is 3.41. The SMILES string of the molecule is Cc1ccc(-c2csc3nc(CN4CCCC[C@@H]4C)[nH]c(=O)c23)s1. The summed E-state index contributed by atoms with van der Waals surface area (Å²) in [5, 5.41) is 2.79. The molecule has 1 atom stereocenters. The summed E-state index contributed by atoms with van der Waals surface area (Å²) >= 11 is 3.29. The third-order valence-electron chi connectivity index (χ3n) is 4.79. The monoisotopic (exact) mass is 359 g/mol. The maximum atomic E-state index is 12.7. The molecular weight excluding hydrogens is 338 g/mol. The molecule has 3 aromatic rings. The maximum absolute atomic E-state index is 12.7. The Kier molecular flexibility index (Phi) is 4.28. The number of thiophene rings is 2. The summed E-state index contributed by atoms with van der Waals surface area (Å²) < 4.78 is 0. The van der Waals surface area contributed by atoms with Gasteiger partial charge in [-0.1, -0.05) is 6.42 Å². The Labute approximate surface area is 149 Å². The first-order valence-corrected chi connectivity index (χ1v) is 10.1. The fraction of sp³-hybridized carbons (Fsp3) is 0.444. The number of rotatable bonds is 3. The Hall–Kier alpha value is -1.50. The smallest absolute Gasteiger partial charge is 0.260 e. The number of nitrogens with zero attached hydrogens (tertiary/aromatic N) is 2. The first-order chi connectivity index (χ1) is 11.6. The summed E-state index contributed by atoms with van der Waals surface area (Å²) in [7, 11) is 0. The number of aryl methyl sites for hydroxylation is 1. The molecule has 0 saturated carbocycles. The number of H-pyrrole nitrogens is 1. The van der Waals surface area contributed by atoms with Crippen molar-refractivity contribution in [2.24, 2.45) is 0 Å². The van der Waals surface area contributed by atoms with Crippen LogP contribution < -0.4 is 5.56 Å². The van der Waals surface area contributed by atoms with Gasteiger partial charge in [0.15, 0.2) is 0 Å².